The molecule has 1 N–H and O–H groups in total. The van der Waals surface area contributed by atoms with Gasteiger partial charge in [-0.05, 0) is 12.1 Å². The summed E-state index contributed by atoms with van der Waals surface area (Å²) < 4.78 is 10.1. The van der Waals surface area contributed by atoms with E-state index in [0.29, 0.717) is 17.3 Å². The van der Waals surface area contributed by atoms with E-state index in [9.17, 15) is 4.79 Å². The molecule has 0 atom stereocenters. The molecule has 0 aliphatic rings. The van der Waals surface area contributed by atoms with Crippen molar-refractivity contribution >= 4 is 11.9 Å². The molecular formula is C14H18N6O3. The molecule has 0 bridgehead atoms. The number of rotatable bonds is 6. The fourth-order valence-electron chi connectivity index (χ4n) is 1.74. The fourth-order valence-corrected chi connectivity index (χ4v) is 1.74. The van der Waals surface area contributed by atoms with Gasteiger partial charge in [-0.15, -0.1) is 0 Å². The molecule has 0 aromatic carbocycles. The number of anilines is 1. The normalized spacial score (nSPS) is 10.1. The first-order valence-electron chi connectivity index (χ1n) is 6.78. The molecule has 2 heterocycles. The average Bonchev–Trinajstić information content (AvgIpc) is 2.59. The number of carbonyl (C=O) groups is 1. The molecule has 0 radical (unpaired) electrons. The van der Waals surface area contributed by atoms with E-state index >= 15 is 0 Å². The lowest BCUT2D eigenvalue weighted by Crippen LogP contribution is -2.25. The average molecular weight is 318 g/mol. The van der Waals surface area contributed by atoms with E-state index in [0.717, 1.165) is 0 Å². The highest BCUT2D eigenvalue weighted by Gasteiger charge is 2.14. The number of amides is 1. The second-order valence-corrected chi connectivity index (χ2v) is 4.68. The van der Waals surface area contributed by atoms with Crippen molar-refractivity contribution in [1.82, 2.24) is 25.3 Å². The van der Waals surface area contributed by atoms with Crippen LogP contribution in [0.3, 0.4) is 0 Å². The maximum atomic E-state index is 12.2. The molecule has 0 unspecified atom stereocenters. The summed E-state index contributed by atoms with van der Waals surface area (Å²) in [5.74, 6) is 0.754. The number of carbonyl (C=O) groups excluding carboxylic acids is 1. The van der Waals surface area contributed by atoms with Crippen molar-refractivity contribution in [2.75, 3.05) is 33.2 Å². The Balaban J connectivity index is 2.14. The Morgan fingerprint density at radius 1 is 1.22 bits per heavy atom. The van der Waals surface area contributed by atoms with E-state index in [2.05, 4.69) is 25.3 Å². The second kappa shape index (κ2) is 7.34. The van der Waals surface area contributed by atoms with Crippen molar-refractivity contribution in [3.05, 3.63) is 29.7 Å². The highest BCUT2D eigenvalue weighted by molar-refractivity contribution is 5.96. The third kappa shape index (κ3) is 4.02. The fraction of sp³-hybridized carbons (Fsp3) is 0.357. The Hall–Kier alpha value is -2.97. The standard InChI is InChI=1S/C14H18N6O3/c1-20(2)13-17-10(18-14(19-13)23-4)8-16-11(21)9-6-5-7-15-12(9)22-3/h5-7H,8H2,1-4H3,(H,16,21). The molecule has 0 saturated carbocycles. The van der Waals surface area contributed by atoms with Crippen molar-refractivity contribution in [3.8, 4) is 11.9 Å². The lowest BCUT2D eigenvalue weighted by molar-refractivity contribution is 0.0946. The summed E-state index contributed by atoms with van der Waals surface area (Å²) in [7, 11) is 6.53. The molecule has 2 aromatic rings. The van der Waals surface area contributed by atoms with Crippen LogP contribution in [-0.2, 0) is 6.54 Å². The summed E-state index contributed by atoms with van der Waals surface area (Å²) in [5.41, 5.74) is 0.337. The van der Waals surface area contributed by atoms with Gasteiger partial charge in [0, 0.05) is 20.3 Å². The smallest absolute Gasteiger partial charge is 0.321 e. The zero-order valence-electron chi connectivity index (χ0n) is 13.4. The molecule has 9 nitrogen and oxygen atoms in total. The van der Waals surface area contributed by atoms with E-state index in [-0.39, 0.29) is 24.3 Å². The van der Waals surface area contributed by atoms with Gasteiger partial charge in [0.25, 0.3) is 5.91 Å². The Kier molecular flexibility index (Phi) is 5.23. The number of hydrogen-bond acceptors (Lipinski definition) is 8. The van der Waals surface area contributed by atoms with Crippen molar-refractivity contribution < 1.29 is 14.3 Å². The Bertz CT molecular complexity index is 692. The Morgan fingerprint density at radius 3 is 2.65 bits per heavy atom. The van der Waals surface area contributed by atoms with Gasteiger partial charge >= 0.3 is 6.01 Å². The highest BCUT2D eigenvalue weighted by atomic mass is 16.5. The molecule has 23 heavy (non-hydrogen) atoms. The van der Waals surface area contributed by atoms with Gasteiger partial charge in [0.1, 0.15) is 5.56 Å². The first-order valence-corrected chi connectivity index (χ1v) is 6.78. The van der Waals surface area contributed by atoms with Crippen LogP contribution < -0.4 is 19.7 Å². The van der Waals surface area contributed by atoms with E-state index in [1.165, 1.54) is 14.2 Å². The van der Waals surface area contributed by atoms with Crippen LogP contribution in [0.2, 0.25) is 0 Å². The van der Waals surface area contributed by atoms with Gasteiger partial charge in [0.05, 0.1) is 20.8 Å². The molecule has 0 fully saturated rings. The van der Waals surface area contributed by atoms with E-state index in [4.69, 9.17) is 9.47 Å². The minimum absolute atomic E-state index is 0.122. The largest absolute Gasteiger partial charge is 0.480 e. The molecule has 0 saturated heterocycles. The number of ether oxygens (including phenoxy) is 2. The summed E-state index contributed by atoms with van der Waals surface area (Å²) in [6, 6.07) is 3.47. The highest BCUT2D eigenvalue weighted by Crippen LogP contribution is 2.14. The van der Waals surface area contributed by atoms with Crippen molar-refractivity contribution in [2.45, 2.75) is 6.54 Å². The van der Waals surface area contributed by atoms with Gasteiger partial charge < -0.3 is 19.7 Å². The number of pyridine rings is 1. The summed E-state index contributed by atoms with van der Waals surface area (Å²) in [4.78, 5) is 30.4. The summed E-state index contributed by atoms with van der Waals surface area (Å²) >= 11 is 0. The van der Waals surface area contributed by atoms with E-state index in [1.54, 1.807) is 37.3 Å². The van der Waals surface area contributed by atoms with Gasteiger partial charge in [0.15, 0.2) is 5.82 Å². The number of aromatic nitrogens is 4. The first kappa shape index (κ1) is 16.4. The van der Waals surface area contributed by atoms with Crippen molar-refractivity contribution in [3.63, 3.8) is 0 Å². The zero-order valence-corrected chi connectivity index (χ0v) is 13.4. The predicted molar refractivity (Wildman–Crippen MR) is 82.7 cm³/mol. The number of nitrogens with one attached hydrogen (secondary N) is 1. The van der Waals surface area contributed by atoms with Crippen LogP contribution >= 0.6 is 0 Å². The van der Waals surface area contributed by atoms with Gasteiger partial charge in [-0.3, -0.25) is 4.79 Å². The maximum Gasteiger partial charge on any atom is 0.321 e. The monoisotopic (exact) mass is 318 g/mol. The third-order valence-electron chi connectivity index (χ3n) is 2.85. The molecule has 2 rings (SSSR count). The molecule has 122 valence electrons. The molecule has 2 aromatic heterocycles. The predicted octanol–water partition coefficient (Wildman–Crippen LogP) is 0.280. The van der Waals surface area contributed by atoms with Crippen LogP contribution in [0.25, 0.3) is 0 Å². The maximum absolute atomic E-state index is 12.2. The van der Waals surface area contributed by atoms with Crippen LogP contribution in [0.5, 0.6) is 11.9 Å². The van der Waals surface area contributed by atoms with Crippen LogP contribution in [0.1, 0.15) is 16.2 Å². The van der Waals surface area contributed by atoms with E-state index in [1.807, 2.05) is 0 Å². The van der Waals surface area contributed by atoms with E-state index < -0.39 is 0 Å². The second-order valence-electron chi connectivity index (χ2n) is 4.68. The van der Waals surface area contributed by atoms with Gasteiger partial charge in [-0.1, -0.05) is 0 Å². The van der Waals surface area contributed by atoms with Crippen molar-refractivity contribution in [2.24, 2.45) is 0 Å². The molecule has 0 aliphatic heterocycles. The van der Waals surface area contributed by atoms with Gasteiger partial charge in [0.2, 0.25) is 11.8 Å². The van der Waals surface area contributed by atoms with Crippen LogP contribution in [0.4, 0.5) is 5.95 Å². The third-order valence-corrected chi connectivity index (χ3v) is 2.85. The summed E-state index contributed by atoms with van der Waals surface area (Å²) in [6.07, 6.45) is 1.55. The van der Waals surface area contributed by atoms with Gasteiger partial charge in [-0.25, -0.2) is 4.98 Å². The summed E-state index contributed by atoms with van der Waals surface area (Å²) in [5, 5.41) is 2.72. The lowest BCUT2D eigenvalue weighted by Gasteiger charge is -2.12. The molecule has 9 heteroatoms. The Labute approximate surface area is 133 Å². The van der Waals surface area contributed by atoms with Crippen molar-refractivity contribution in [1.29, 1.82) is 0 Å². The van der Waals surface area contributed by atoms with Crippen LogP contribution in [0, 0.1) is 0 Å². The minimum atomic E-state index is -0.333. The number of hydrogen-bond donors (Lipinski definition) is 1. The minimum Gasteiger partial charge on any atom is -0.480 e. The lowest BCUT2D eigenvalue weighted by atomic mass is 10.2. The molecular weight excluding hydrogens is 300 g/mol. The number of nitrogens with zero attached hydrogens (tertiary/aromatic N) is 5. The number of methoxy groups -OCH3 is 2. The van der Waals surface area contributed by atoms with Crippen LogP contribution in [0.15, 0.2) is 18.3 Å². The topological polar surface area (TPSA) is 102 Å². The Morgan fingerprint density at radius 2 is 2.00 bits per heavy atom. The molecule has 0 spiro atoms. The van der Waals surface area contributed by atoms with Crippen LogP contribution in [-0.4, -0.2) is 54.2 Å². The quantitative estimate of drug-likeness (QED) is 0.810. The molecule has 0 aliphatic carbocycles. The zero-order chi connectivity index (χ0) is 16.8. The molecule has 1 amide bonds. The van der Waals surface area contributed by atoms with Gasteiger partial charge in [-0.2, -0.15) is 15.0 Å². The first-order chi connectivity index (χ1) is 11.0. The summed E-state index contributed by atoms with van der Waals surface area (Å²) in [6.45, 7) is 0.122. The SMILES string of the molecule is COc1nc(CNC(=O)c2cccnc2OC)nc(N(C)C)n1.